The zero-order valence-corrected chi connectivity index (χ0v) is 10.9. The van der Waals surface area contributed by atoms with Crippen molar-refractivity contribution < 1.29 is 0 Å². The lowest BCUT2D eigenvalue weighted by Gasteiger charge is -2.07. The van der Waals surface area contributed by atoms with E-state index in [0.29, 0.717) is 4.83 Å². The Morgan fingerprint density at radius 3 is 2.38 bits per heavy atom. The lowest BCUT2D eigenvalue weighted by Crippen LogP contribution is -2.01. The summed E-state index contributed by atoms with van der Waals surface area (Å²) in [6.07, 6.45) is 3.61. The van der Waals surface area contributed by atoms with Crippen LogP contribution in [-0.4, -0.2) is 4.83 Å². The number of alkyl halides is 1. The minimum atomic E-state index is 0.624. The molecule has 2 heteroatoms. The van der Waals surface area contributed by atoms with E-state index in [-0.39, 0.29) is 0 Å². The second-order valence-corrected chi connectivity index (χ2v) is 5.43. The highest BCUT2D eigenvalue weighted by Gasteiger charge is 2.03. The molecule has 0 saturated carbocycles. The highest BCUT2D eigenvalue weighted by Crippen LogP contribution is 2.17. The fourth-order valence-electron chi connectivity index (χ4n) is 1.29. The van der Waals surface area contributed by atoms with E-state index in [4.69, 9.17) is 0 Å². The first kappa shape index (κ1) is 11.3. The van der Waals surface area contributed by atoms with Crippen LogP contribution in [-0.2, 0) is 6.42 Å². The smallest absolute Gasteiger partial charge is 0.0186 e. The molecular weight excluding hydrogens is 292 g/mol. The molecule has 1 aromatic rings. The van der Waals surface area contributed by atoms with E-state index in [1.807, 2.05) is 0 Å². The molecule has 0 spiro atoms. The Labute approximate surface area is 97.0 Å². The van der Waals surface area contributed by atoms with Gasteiger partial charge in [0.25, 0.3) is 0 Å². The van der Waals surface area contributed by atoms with Gasteiger partial charge in [0.2, 0.25) is 0 Å². The molecule has 0 amide bonds. The first-order valence-electron chi connectivity index (χ1n) is 4.61. The summed E-state index contributed by atoms with van der Waals surface area (Å²) in [7, 11) is 0. The molecule has 1 rings (SSSR count). The van der Waals surface area contributed by atoms with Gasteiger partial charge in [-0.1, -0.05) is 57.3 Å². The predicted octanol–water partition coefficient (Wildman–Crippen LogP) is 4.56. The molecule has 1 unspecified atom stereocenters. The molecule has 0 N–H and O–H groups in total. The van der Waals surface area contributed by atoms with Gasteiger partial charge in [-0.2, -0.15) is 0 Å². The van der Waals surface area contributed by atoms with Crippen molar-refractivity contribution in [1.29, 1.82) is 0 Å². The summed E-state index contributed by atoms with van der Waals surface area (Å²) in [6.45, 7) is 2.22. The quantitative estimate of drug-likeness (QED) is 0.716. The van der Waals surface area contributed by atoms with E-state index in [9.17, 15) is 0 Å². The van der Waals surface area contributed by atoms with Crippen LogP contribution in [0.25, 0.3) is 0 Å². The fraction of sp³-hybridized carbons (Fsp3) is 0.455. The SMILES string of the molecule is CCCC(Br)Cc1ccc(Br)cc1. The van der Waals surface area contributed by atoms with Gasteiger partial charge in [0.1, 0.15) is 0 Å². The third-order valence-electron chi connectivity index (χ3n) is 1.97. The van der Waals surface area contributed by atoms with Crippen LogP contribution in [0.1, 0.15) is 25.3 Å². The maximum Gasteiger partial charge on any atom is 0.0186 e. The second-order valence-electron chi connectivity index (χ2n) is 3.22. The van der Waals surface area contributed by atoms with Gasteiger partial charge in [-0.15, -0.1) is 0 Å². The maximum atomic E-state index is 3.68. The summed E-state index contributed by atoms with van der Waals surface area (Å²) in [5.74, 6) is 0. The van der Waals surface area contributed by atoms with Gasteiger partial charge in [0.05, 0.1) is 0 Å². The zero-order valence-electron chi connectivity index (χ0n) is 7.76. The van der Waals surface area contributed by atoms with Gasteiger partial charge >= 0.3 is 0 Å². The van der Waals surface area contributed by atoms with E-state index in [0.717, 1.165) is 10.9 Å². The van der Waals surface area contributed by atoms with E-state index >= 15 is 0 Å². The number of hydrogen-bond acceptors (Lipinski definition) is 0. The van der Waals surface area contributed by atoms with Gasteiger partial charge in [0.15, 0.2) is 0 Å². The van der Waals surface area contributed by atoms with Gasteiger partial charge in [-0.3, -0.25) is 0 Å². The summed E-state index contributed by atoms with van der Waals surface area (Å²) >= 11 is 7.11. The van der Waals surface area contributed by atoms with Crippen LogP contribution in [0, 0.1) is 0 Å². The van der Waals surface area contributed by atoms with Gasteiger partial charge in [-0.25, -0.2) is 0 Å². The van der Waals surface area contributed by atoms with Crippen LogP contribution in [0.15, 0.2) is 28.7 Å². The Kier molecular flexibility index (Phi) is 5.04. The molecular formula is C11H14Br2. The molecule has 0 bridgehead atoms. The van der Waals surface area contributed by atoms with E-state index in [2.05, 4.69) is 63.0 Å². The Morgan fingerprint density at radius 1 is 1.23 bits per heavy atom. The van der Waals surface area contributed by atoms with Crippen molar-refractivity contribution >= 4 is 31.9 Å². The number of benzene rings is 1. The van der Waals surface area contributed by atoms with Crippen molar-refractivity contribution in [3.05, 3.63) is 34.3 Å². The Morgan fingerprint density at radius 2 is 1.85 bits per heavy atom. The zero-order chi connectivity index (χ0) is 9.68. The normalized spacial score (nSPS) is 12.8. The first-order valence-corrected chi connectivity index (χ1v) is 6.31. The van der Waals surface area contributed by atoms with Gasteiger partial charge in [-0.05, 0) is 30.5 Å². The van der Waals surface area contributed by atoms with Gasteiger partial charge < -0.3 is 0 Å². The Balaban J connectivity index is 2.49. The monoisotopic (exact) mass is 304 g/mol. The van der Waals surface area contributed by atoms with Crippen molar-refractivity contribution in [2.75, 3.05) is 0 Å². The molecule has 0 heterocycles. The second kappa shape index (κ2) is 5.82. The molecule has 0 fully saturated rings. The molecule has 0 radical (unpaired) electrons. The number of halogens is 2. The minimum absolute atomic E-state index is 0.624. The average Bonchev–Trinajstić information content (AvgIpc) is 2.09. The average molecular weight is 306 g/mol. The minimum Gasteiger partial charge on any atom is -0.0887 e. The van der Waals surface area contributed by atoms with Crippen molar-refractivity contribution in [3.63, 3.8) is 0 Å². The molecule has 1 aromatic carbocycles. The molecule has 0 saturated heterocycles. The van der Waals surface area contributed by atoms with Crippen LogP contribution < -0.4 is 0 Å². The van der Waals surface area contributed by atoms with Crippen LogP contribution in [0.3, 0.4) is 0 Å². The van der Waals surface area contributed by atoms with Crippen LogP contribution in [0.4, 0.5) is 0 Å². The standard InChI is InChI=1S/C11H14Br2/c1-2-3-11(13)8-9-4-6-10(12)7-5-9/h4-7,11H,2-3,8H2,1H3. The van der Waals surface area contributed by atoms with Crippen LogP contribution >= 0.6 is 31.9 Å². The molecule has 0 aliphatic rings. The molecule has 0 aromatic heterocycles. The van der Waals surface area contributed by atoms with Crippen LogP contribution in [0.2, 0.25) is 0 Å². The summed E-state index contributed by atoms with van der Waals surface area (Å²) < 4.78 is 1.15. The van der Waals surface area contributed by atoms with Crippen LogP contribution in [0.5, 0.6) is 0 Å². The molecule has 0 aliphatic carbocycles. The molecule has 0 nitrogen and oxygen atoms in total. The van der Waals surface area contributed by atoms with Crippen molar-refractivity contribution in [1.82, 2.24) is 0 Å². The molecule has 1 atom stereocenters. The summed E-state index contributed by atoms with van der Waals surface area (Å²) in [6, 6.07) is 8.55. The lowest BCUT2D eigenvalue weighted by atomic mass is 10.1. The first-order chi connectivity index (χ1) is 6.22. The highest BCUT2D eigenvalue weighted by molar-refractivity contribution is 9.10. The molecule has 72 valence electrons. The van der Waals surface area contributed by atoms with Crippen molar-refractivity contribution in [2.45, 2.75) is 31.0 Å². The van der Waals surface area contributed by atoms with E-state index < -0.39 is 0 Å². The van der Waals surface area contributed by atoms with E-state index in [1.54, 1.807) is 0 Å². The summed E-state index contributed by atoms with van der Waals surface area (Å²) in [5.41, 5.74) is 1.40. The van der Waals surface area contributed by atoms with Crippen molar-refractivity contribution in [3.8, 4) is 0 Å². The summed E-state index contributed by atoms with van der Waals surface area (Å²) in [4.78, 5) is 0.624. The Hall–Kier alpha value is 0.180. The Bertz CT molecular complexity index is 241. The topological polar surface area (TPSA) is 0 Å². The third-order valence-corrected chi connectivity index (χ3v) is 3.28. The van der Waals surface area contributed by atoms with E-state index in [1.165, 1.54) is 18.4 Å². The number of rotatable bonds is 4. The summed E-state index contributed by atoms with van der Waals surface area (Å²) in [5, 5.41) is 0. The van der Waals surface area contributed by atoms with Crippen molar-refractivity contribution in [2.24, 2.45) is 0 Å². The lowest BCUT2D eigenvalue weighted by molar-refractivity contribution is 0.745. The molecule has 0 aliphatic heterocycles. The fourth-order valence-corrected chi connectivity index (χ4v) is 2.39. The van der Waals surface area contributed by atoms with Gasteiger partial charge in [0, 0.05) is 9.30 Å². The third kappa shape index (κ3) is 4.28. The predicted molar refractivity (Wildman–Crippen MR) is 65.5 cm³/mol. The maximum absolute atomic E-state index is 3.68. The number of hydrogen-bond donors (Lipinski definition) is 0. The highest BCUT2D eigenvalue weighted by atomic mass is 79.9. The molecule has 13 heavy (non-hydrogen) atoms. The largest absolute Gasteiger partial charge is 0.0887 e.